The van der Waals surface area contributed by atoms with Crippen LogP contribution < -0.4 is 11.5 Å². The van der Waals surface area contributed by atoms with E-state index in [1.165, 1.54) is 0 Å². The van der Waals surface area contributed by atoms with Gasteiger partial charge in [0.05, 0.1) is 16.8 Å². The number of hydrogen-bond donors (Lipinski definition) is 2. The zero-order valence-electron chi connectivity index (χ0n) is 8.47. The summed E-state index contributed by atoms with van der Waals surface area (Å²) < 4.78 is 0. The van der Waals surface area contributed by atoms with Gasteiger partial charge >= 0.3 is 0 Å². The second-order valence-corrected chi connectivity index (χ2v) is 3.73. The molecule has 0 aliphatic heterocycles. The molecule has 1 unspecified atom stereocenters. The number of nitrogen functional groups attached to an aromatic ring is 1. The lowest BCUT2D eigenvalue weighted by molar-refractivity contribution is 0.827. The Kier molecular flexibility index (Phi) is 3.03. The van der Waals surface area contributed by atoms with E-state index in [-0.39, 0.29) is 0 Å². The van der Waals surface area contributed by atoms with Crippen molar-refractivity contribution in [3.63, 3.8) is 0 Å². The second kappa shape index (κ2) is 4.47. The van der Waals surface area contributed by atoms with Crippen molar-refractivity contribution >= 4 is 17.4 Å². The highest BCUT2D eigenvalue weighted by Crippen LogP contribution is 2.26. The van der Waals surface area contributed by atoms with Crippen molar-refractivity contribution in [1.82, 2.24) is 9.97 Å². The lowest BCUT2D eigenvalue weighted by Crippen LogP contribution is -2.16. The van der Waals surface area contributed by atoms with Gasteiger partial charge in [-0.2, -0.15) is 0 Å². The molecule has 5 heteroatoms. The number of pyridine rings is 2. The summed E-state index contributed by atoms with van der Waals surface area (Å²) in [6.07, 6.45) is 3.26. The Morgan fingerprint density at radius 1 is 1.12 bits per heavy atom. The van der Waals surface area contributed by atoms with Gasteiger partial charge in [-0.15, -0.1) is 0 Å². The largest absolute Gasteiger partial charge is 0.383 e. The minimum absolute atomic E-state index is 0.400. The molecule has 0 spiro atoms. The van der Waals surface area contributed by atoms with Gasteiger partial charge in [-0.05, 0) is 18.2 Å². The highest BCUT2D eigenvalue weighted by molar-refractivity contribution is 6.31. The van der Waals surface area contributed by atoms with Gasteiger partial charge in [0.2, 0.25) is 0 Å². The van der Waals surface area contributed by atoms with Crippen LogP contribution in [-0.4, -0.2) is 9.97 Å². The number of rotatable bonds is 2. The van der Waals surface area contributed by atoms with Crippen molar-refractivity contribution in [2.45, 2.75) is 6.04 Å². The number of nitrogens with two attached hydrogens (primary N) is 2. The van der Waals surface area contributed by atoms with Crippen LogP contribution in [0.3, 0.4) is 0 Å². The molecule has 0 aliphatic carbocycles. The van der Waals surface area contributed by atoms with E-state index in [4.69, 9.17) is 23.1 Å². The summed E-state index contributed by atoms with van der Waals surface area (Å²) >= 11 is 6.02. The first kappa shape index (κ1) is 10.9. The lowest BCUT2D eigenvalue weighted by atomic mass is 10.1. The molecule has 0 saturated carbocycles. The highest BCUT2D eigenvalue weighted by atomic mass is 35.5. The van der Waals surface area contributed by atoms with Crippen LogP contribution in [0.1, 0.15) is 17.3 Å². The summed E-state index contributed by atoms with van der Waals surface area (Å²) in [5.74, 6) is 0.400. The van der Waals surface area contributed by atoms with E-state index < -0.39 is 6.04 Å². The maximum absolute atomic E-state index is 6.05. The first-order chi connectivity index (χ1) is 7.70. The van der Waals surface area contributed by atoms with Crippen LogP contribution in [0, 0.1) is 0 Å². The Balaban J connectivity index is 2.44. The quantitative estimate of drug-likeness (QED) is 0.830. The third kappa shape index (κ3) is 1.98. The monoisotopic (exact) mass is 234 g/mol. The summed E-state index contributed by atoms with van der Waals surface area (Å²) in [6, 6.07) is 6.64. The molecule has 0 amide bonds. The second-order valence-electron chi connectivity index (χ2n) is 3.33. The molecule has 4 nitrogen and oxygen atoms in total. The van der Waals surface area contributed by atoms with Crippen molar-refractivity contribution in [3.05, 3.63) is 52.9 Å². The van der Waals surface area contributed by atoms with Gasteiger partial charge in [-0.1, -0.05) is 17.7 Å². The van der Waals surface area contributed by atoms with Crippen LogP contribution in [0.2, 0.25) is 5.02 Å². The summed E-state index contributed by atoms with van der Waals surface area (Å²) in [5, 5.41) is 0.526. The van der Waals surface area contributed by atoms with Crippen molar-refractivity contribution < 1.29 is 0 Å². The molecule has 0 radical (unpaired) electrons. The Morgan fingerprint density at radius 2 is 1.81 bits per heavy atom. The molecular weight excluding hydrogens is 224 g/mol. The fraction of sp³-hybridized carbons (Fsp3) is 0.0909. The third-order valence-corrected chi connectivity index (χ3v) is 2.61. The molecule has 82 valence electrons. The average molecular weight is 235 g/mol. The zero-order chi connectivity index (χ0) is 11.5. The number of halogens is 1. The van der Waals surface area contributed by atoms with E-state index in [9.17, 15) is 0 Å². The molecule has 2 heterocycles. The molecule has 2 aromatic heterocycles. The van der Waals surface area contributed by atoms with Gasteiger partial charge in [0, 0.05) is 18.0 Å². The Labute approximate surface area is 98.3 Å². The van der Waals surface area contributed by atoms with E-state index in [1.54, 1.807) is 30.6 Å². The van der Waals surface area contributed by atoms with E-state index in [1.807, 2.05) is 6.07 Å². The van der Waals surface area contributed by atoms with Gasteiger partial charge in [-0.25, -0.2) is 4.98 Å². The Bertz CT molecular complexity index is 455. The fourth-order valence-corrected chi connectivity index (χ4v) is 1.71. The number of anilines is 1. The topological polar surface area (TPSA) is 77.8 Å². The molecule has 1 atom stereocenters. The molecule has 2 rings (SSSR count). The van der Waals surface area contributed by atoms with E-state index in [2.05, 4.69) is 9.97 Å². The third-order valence-electron chi connectivity index (χ3n) is 2.29. The molecule has 0 aromatic carbocycles. The predicted octanol–water partition coefficient (Wildman–Crippen LogP) is 1.76. The molecule has 0 bridgehead atoms. The van der Waals surface area contributed by atoms with Crippen molar-refractivity contribution in [2.24, 2.45) is 5.73 Å². The number of hydrogen-bond acceptors (Lipinski definition) is 4. The summed E-state index contributed by atoms with van der Waals surface area (Å²) in [5.41, 5.74) is 13.1. The number of aromatic nitrogens is 2. The van der Waals surface area contributed by atoms with Crippen LogP contribution in [0.4, 0.5) is 5.82 Å². The first-order valence-corrected chi connectivity index (χ1v) is 5.14. The highest BCUT2D eigenvalue weighted by Gasteiger charge is 2.16. The Hall–Kier alpha value is -1.65. The van der Waals surface area contributed by atoms with Crippen molar-refractivity contribution in [1.29, 1.82) is 0 Å². The molecule has 16 heavy (non-hydrogen) atoms. The number of nitrogens with zero attached hydrogens (tertiary/aromatic N) is 2. The lowest BCUT2D eigenvalue weighted by Gasteiger charge is -2.13. The van der Waals surface area contributed by atoms with E-state index >= 15 is 0 Å². The molecule has 4 N–H and O–H groups in total. The van der Waals surface area contributed by atoms with Crippen LogP contribution in [0.15, 0.2) is 36.7 Å². The normalized spacial score (nSPS) is 12.4. The smallest absolute Gasteiger partial charge is 0.128 e. The van der Waals surface area contributed by atoms with Crippen LogP contribution in [0.5, 0.6) is 0 Å². The van der Waals surface area contributed by atoms with Crippen LogP contribution in [0.25, 0.3) is 0 Å². The zero-order valence-corrected chi connectivity index (χ0v) is 9.22. The maximum atomic E-state index is 6.05. The minimum atomic E-state index is -0.456. The fourth-order valence-electron chi connectivity index (χ4n) is 1.47. The summed E-state index contributed by atoms with van der Waals surface area (Å²) in [7, 11) is 0. The van der Waals surface area contributed by atoms with Gasteiger partial charge in [0.1, 0.15) is 5.82 Å². The standard InChI is InChI=1S/C11H11ClN4/c12-8-4-2-5-15-10(8)9(13)7-3-1-6-16-11(7)14/h1-6,9H,13H2,(H2,14,16). The van der Waals surface area contributed by atoms with Crippen molar-refractivity contribution in [2.75, 3.05) is 5.73 Å². The molecule has 2 aromatic rings. The summed E-state index contributed by atoms with van der Waals surface area (Å²) in [6.45, 7) is 0. The maximum Gasteiger partial charge on any atom is 0.128 e. The Morgan fingerprint density at radius 3 is 2.50 bits per heavy atom. The molecule has 0 aliphatic rings. The molecule has 0 saturated heterocycles. The first-order valence-electron chi connectivity index (χ1n) is 4.76. The van der Waals surface area contributed by atoms with Gasteiger partial charge in [0.15, 0.2) is 0 Å². The van der Waals surface area contributed by atoms with Gasteiger partial charge < -0.3 is 11.5 Å². The van der Waals surface area contributed by atoms with Crippen molar-refractivity contribution in [3.8, 4) is 0 Å². The van der Waals surface area contributed by atoms with Gasteiger partial charge in [0.25, 0.3) is 0 Å². The minimum Gasteiger partial charge on any atom is -0.383 e. The van der Waals surface area contributed by atoms with Gasteiger partial charge in [-0.3, -0.25) is 4.98 Å². The predicted molar refractivity (Wildman–Crippen MR) is 63.9 cm³/mol. The average Bonchev–Trinajstić information content (AvgIpc) is 2.29. The summed E-state index contributed by atoms with van der Waals surface area (Å²) in [4.78, 5) is 8.14. The van der Waals surface area contributed by atoms with Crippen LogP contribution in [-0.2, 0) is 0 Å². The van der Waals surface area contributed by atoms with E-state index in [0.717, 1.165) is 5.56 Å². The van der Waals surface area contributed by atoms with Crippen LogP contribution >= 0.6 is 11.6 Å². The molecular formula is C11H11ClN4. The SMILES string of the molecule is Nc1ncccc1C(N)c1ncccc1Cl. The molecule has 0 fully saturated rings. The van der Waals surface area contributed by atoms with E-state index in [0.29, 0.717) is 16.5 Å².